The molecule has 2 aliphatic rings. The van der Waals surface area contributed by atoms with Crippen molar-refractivity contribution in [3.05, 3.63) is 28.2 Å². The first kappa shape index (κ1) is 17.8. The van der Waals surface area contributed by atoms with Gasteiger partial charge in [-0.3, -0.25) is 9.69 Å². The molecule has 2 fully saturated rings. The zero-order valence-corrected chi connectivity index (χ0v) is 14.5. The molecule has 2 unspecified atom stereocenters. The molecule has 122 valence electrons. The molecule has 1 aromatic rings. The summed E-state index contributed by atoms with van der Waals surface area (Å²) in [5.74, 6) is -0.0669. The number of nitrogens with one attached hydrogen (secondary N) is 2. The third-order valence-corrected chi connectivity index (χ3v) is 4.83. The molecule has 2 aliphatic heterocycles. The lowest BCUT2D eigenvalue weighted by atomic mass is 10.1. The molecule has 0 saturated carbocycles. The number of nitrogens with zero attached hydrogens (tertiary/aromatic N) is 1. The maximum absolute atomic E-state index is 12.2. The summed E-state index contributed by atoms with van der Waals surface area (Å²) in [6.07, 6.45) is 3.58. The second-order valence-corrected chi connectivity index (χ2v) is 6.62. The van der Waals surface area contributed by atoms with Crippen LogP contribution in [0.4, 0.5) is 5.69 Å². The van der Waals surface area contributed by atoms with Gasteiger partial charge in [0.2, 0.25) is 5.91 Å². The zero-order chi connectivity index (χ0) is 14.8. The third kappa shape index (κ3) is 4.27. The second kappa shape index (κ2) is 7.84. The van der Waals surface area contributed by atoms with E-state index in [9.17, 15) is 4.79 Å². The van der Waals surface area contributed by atoms with Crippen LogP contribution in [0.25, 0.3) is 0 Å². The summed E-state index contributed by atoms with van der Waals surface area (Å²) in [7, 11) is 0. The van der Waals surface area contributed by atoms with Crippen LogP contribution in [-0.2, 0) is 4.79 Å². The van der Waals surface area contributed by atoms with Crippen molar-refractivity contribution in [3.8, 4) is 0 Å². The minimum absolute atomic E-state index is 0. The molecule has 0 aromatic heterocycles. The lowest BCUT2D eigenvalue weighted by Crippen LogP contribution is -2.39. The van der Waals surface area contributed by atoms with Gasteiger partial charge in [0.15, 0.2) is 0 Å². The van der Waals surface area contributed by atoms with Gasteiger partial charge in [-0.1, -0.05) is 29.3 Å². The minimum atomic E-state index is -0.0669. The van der Waals surface area contributed by atoms with E-state index in [0.717, 1.165) is 19.5 Å². The summed E-state index contributed by atoms with van der Waals surface area (Å²) in [5.41, 5.74) is 0.500. The van der Waals surface area contributed by atoms with Crippen LogP contribution in [0.2, 0.25) is 10.0 Å². The highest BCUT2D eigenvalue weighted by Crippen LogP contribution is 2.29. The monoisotopic (exact) mass is 363 g/mol. The molecule has 0 radical (unpaired) electrons. The molecule has 22 heavy (non-hydrogen) atoms. The van der Waals surface area contributed by atoms with Gasteiger partial charge in [0.25, 0.3) is 0 Å². The molecule has 0 aliphatic carbocycles. The Morgan fingerprint density at radius 1 is 1.23 bits per heavy atom. The van der Waals surface area contributed by atoms with Gasteiger partial charge in [0, 0.05) is 25.2 Å². The van der Waals surface area contributed by atoms with E-state index in [-0.39, 0.29) is 18.3 Å². The second-order valence-electron chi connectivity index (χ2n) is 5.81. The van der Waals surface area contributed by atoms with Crippen molar-refractivity contribution in [2.75, 3.05) is 25.0 Å². The first-order chi connectivity index (χ1) is 10.1. The average molecular weight is 365 g/mol. The fourth-order valence-electron chi connectivity index (χ4n) is 3.16. The molecule has 1 aromatic carbocycles. The molecule has 2 atom stereocenters. The van der Waals surface area contributed by atoms with Crippen LogP contribution in [0.3, 0.4) is 0 Å². The van der Waals surface area contributed by atoms with Crippen LogP contribution in [0.15, 0.2) is 18.2 Å². The summed E-state index contributed by atoms with van der Waals surface area (Å²) < 4.78 is 0. The van der Waals surface area contributed by atoms with Crippen molar-refractivity contribution in [1.29, 1.82) is 0 Å². The standard InChI is InChI=1S/C15H19Cl2N3O.ClH/c16-12-2-1-3-13(17)15(12)19-14(21)9-20-7-6-10-4-5-11(8-20)18-10;/h1-3,10-11,18H,4-9H2,(H,19,21);1H. The van der Waals surface area contributed by atoms with Crippen LogP contribution in [0.1, 0.15) is 19.3 Å². The third-order valence-electron chi connectivity index (χ3n) is 4.20. The first-order valence-electron chi connectivity index (χ1n) is 7.34. The Hall–Kier alpha value is -0.520. The number of fused-ring (bicyclic) bond motifs is 2. The van der Waals surface area contributed by atoms with Crippen molar-refractivity contribution >= 4 is 47.2 Å². The van der Waals surface area contributed by atoms with Crippen molar-refractivity contribution < 1.29 is 4.79 Å². The average Bonchev–Trinajstić information content (AvgIpc) is 2.77. The number of rotatable bonds is 3. The number of carbonyl (C=O) groups excluding carboxylic acids is 1. The Kier molecular flexibility index (Phi) is 6.36. The van der Waals surface area contributed by atoms with Crippen LogP contribution < -0.4 is 10.6 Å². The number of benzene rings is 1. The summed E-state index contributed by atoms with van der Waals surface area (Å²) in [6, 6.07) is 6.35. The minimum Gasteiger partial charge on any atom is -0.322 e. The van der Waals surface area contributed by atoms with E-state index in [4.69, 9.17) is 23.2 Å². The van der Waals surface area contributed by atoms with E-state index in [0.29, 0.717) is 34.4 Å². The van der Waals surface area contributed by atoms with Gasteiger partial charge < -0.3 is 10.6 Å². The normalized spacial score (nSPS) is 24.5. The van der Waals surface area contributed by atoms with Gasteiger partial charge >= 0.3 is 0 Å². The van der Waals surface area contributed by atoms with Gasteiger partial charge in [0.05, 0.1) is 22.3 Å². The summed E-state index contributed by atoms with van der Waals surface area (Å²) in [5, 5.41) is 7.36. The van der Waals surface area contributed by atoms with Crippen LogP contribution >= 0.6 is 35.6 Å². The highest BCUT2D eigenvalue weighted by molar-refractivity contribution is 6.39. The number of hydrogen-bond donors (Lipinski definition) is 2. The molecule has 1 amide bonds. The summed E-state index contributed by atoms with van der Waals surface area (Å²) in [6.45, 7) is 2.27. The van der Waals surface area contributed by atoms with E-state index in [1.54, 1.807) is 18.2 Å². The number of para-hydroxylation sites is 1. The summed E-state index contributed by atoms with van der Waals surface area (Å²) in [4.78, 5) is 14.4. The fraction of sp³-hybridized carbons (Fsp3) is 0.533. The Balaban J connectivity index is 0.00000176. The van der Waals surface area contributed by atoms with Gasteiger partial charge in [-0.15, -0.1) is 12.4 Å². The lowest BCUT2D eigenvalue weighted by molar-refractivity contribution is -0.117. The fourth-order valence-corrected chi connectivity index (χ4v) is 3.65. The molecule has 3 rings (SSSR count). The van der Waals surface area contributed by atoms with E-state index >= 15 is 0 Å². The van der Waals surface area contributed by atoms with Crippen LogP contribution in [-0.4, -0.2) is 42.5 Å². The maximum Gasteiger partial charge on any atom is 0.238 e. The molecule has 7 heteroatoms. The van der Waals surface area contributed by atoms with E-state index in [2.05, 4.69) is 15.5 Å². The maximum atomic E-state index is 12.2. The van der Waals surface area contributed by atoms with E-state index < -0.39 is 0 Å². The molecular formula is C15H20Cl3N3O. The summed E-state index contributed by atoms with van der Waals surface area (Å²) >= 11 is 12.1. The van der Waals surface area contributed by atoms with Crippen molar-refractivity contribution in [1.82, 2.24) is 10.2 Å². The Labute approximate surface area is 146 Å². The molecule has 0 spiro atoms. The molecule has 2 bridgehead atoms. The number of likely N-dealkylation sites (tertiary alicyclic amines) is 1. The highest BCUT2D eigenvalue weighted by atomic mass is 35.5. The van der Waals surface area contributed by atoms with E-state index in [1.807, 2.05) is 0 Å². The molecular weight excluding hydrogens is 345 g/mol. The topological polar surface area (TPSA) is 44.4 Å². The number of anilines is 1. The van der Waals surface area contributed by atoms with Crippen LogP contribution in [0, 0.1) is 0 Å². The highest BCUT2D eigenvalue weighted by Gasteiger charge is 2.29. The molecule has 2 N–H and O–H groups in total. The van der Waals surface area contributed by atoms with Crippen molar-refractivity contribution in [2.24, 2.45) is 0 Å². The van der Waals surface area contributed by atoms with E-state index in [1.165, 1.54) is 12.8 Å². The molecule has 2 heterocycles. The van der Waals surface area contributed by atoms with Crippen LogP contribution in [0.5, 0.6) is 0 Å². The number of halogens is 3. The first-order valence-corrected chi connectivity index (χ1v) is 8.09. The smallest absolute Gasteiger partial charge is 0.238 e. The van der Waals surface area contributed by atoms with Crippen molar-refractivity contribution in [3.63, 3.8) is 0 Å². The van der Waals surface area contributed by atoms with Crippen molar-refractivity contribution in [2.45, 2.75) is 31.3 Å². The predicted octanol–water partition coefficient (Wildman–Crippen LogP) is 3.18. The quantitative estimate of drug-likeness (QED) is 0.866. The zero-order valence-electron chi connectivity index (χ0n) is 12.1. The number of carbonyl (C=O) groups is 1. The number of hydrogen-bond acceptors (Lipinski definition) is 3. The lowest BCUT2D eigenvalue weighted by Gasteiger charge is -2.23. The molecule has 4 nitrogen and oxygen atoms in total. The van der Waals surface area contributed by atoms with Gasteiger partial charge in [0.1, 0.15) is 0 Å². The number of amides is 1. The molecule has 2 saturated heterocycles. The predicted molar refractivity (Wildman–Crippen MR) is 93.3 cm³/mol. The van der Waals surface area contributed by atoms with Gasteiger partial charge in [-0.05, 0) is 31.4 Å². The Bertz CT molecular complexity index is 521. The Morgan fingerprint density at radius 3 is 2.64 bits per heavy atom. The van der Waals surface area contributed by atoms with Gasteiger partial charge in [-0.25, -0.2) is 0 Å². The van der Waals surface area contributed by atoms with Gasteiger partial charge in [-0.2, -0.15) is 0 Å². The Morgan fingerprint density at radius 2 is 1.91 bits per heavy atom. The SMILES string of the molecule is Cl.O=C(CN1CCC2CCC(C1)N2)Nc1c(Cl)cccc1Cl. The largest absolute Gasteiger partial charge is 0.322 e.